The highest BCUT2D eigenvalue weighted by molar-refractivity contribution is 6.48. The molecule has 0 aliphatic heterocycles. The van der Waals surface area contributed by atoms with Crippen molar-refractivity contribution in [3.63, 3.8) is 0 Å². The zero-order valence-electron chi connectivity index (χ0n) is 18.7. The van der Waals surface area contributed by atoms with E-state index in [1.165, 1.54) is 96.0 Å². The van der Waals surface area contributed by atoms with Gasteiger partial charge in [-0.1, -0.05) is 102 Å². The average molecular weight is 402 g/mol. The number of allylic oxidation sites excluding steroid dienone is 6. The molecule has 0 aromatic carbocycles. The SMILES string of the molecule is CCCCCCCCCCCCCCCC=CCCCNC1=CC=CC(=O)C1=O. The summed E-state index contributed by atoms with van der Waals surface area (Å²) in [6.07, 6.45) is 30.5. The van der Waals surface area contributed by atoms with E-state index in [0.29, 0.717) is 5.70 Å². The number of Topliss-reactive ketones (excluding diaryl/α,β-unsaturated/α-hetero) is 1. The number of nitrogens with one attached hydrogen (secondary N) is 1. The second-order valence-corrected chi connectivity index (χ2v) is 8.20. The van der Waals surface area contributed by atoms with Crippen LogP contribution >= 0.6 is 0 Å². The van der Waals surface area contributed by atoms with E-state index >= 15 is 0 Å². The molecule has 29 heavy (non-hydrogen) atoms. The van der Waals surface area contributed by atoms with Crippen LogP contribution < -0.4 is 5.32 Å². The summed E-state index contributed by atoms with van der Waals surface area (Å²) in [5.41, 5.74) is 0.424. The molecule has 1 aliphatic carbocycles. The third kappa shape index (κ3) is 14.1. The average Bonchev–Trinajstić information content (AvgIpc) is 2.72. The van der Waals surface area contributed by atoms with Crippen molar-refractivity contribution in [2.45, 2.75) is 110 Å². The van der Waals surface area contributed by atoms with E-state index in [-0.39, 0.29) is 0 Å². The van der Waals surface area contributed by atoms with E-state index < -0.39 is 11.6 Å². The minimum Gasteiger partial charge on any atom is -0.382 e. The number of hydrogen-bond acceptors (Lipinski definition) is 3. The molecule has 1 N–H and O–H groups in total. The number of rotatable bonds is 19. The fraction of sp³-hybridized carbons (Fsp3) is 0.692. The molecule has 0 amide bonds. The zero-order valence-corrected chi connectivity index (χ0v) is 18.7. The Bertz CT molecular complexity index is 531. The van der Waals surface area contributed by atoms with Gasteiger partial charge in [0.1, 0.15) is 0 Å². The molecule has 0 aromatic heterocycles. The van der Waals surface area contributed by atoms with Gasteiger partial charge in [-0.3, -0.25) is 9.59 Å². The summed E-state index contributed by atoms with van der Waals surface area (Å²) >= 11 is 0. The molecular weight excluding hydrogens is 358 g/mol. The fourth-order valence-electron chi connectivity index (χ4n) is 3.61. The standard InChI is InChI=1S/C26H43NO2/c1-2-3-4-5-6-7-8-9-10-11-12-13-14-15-16-17-18-19-23-27-24-21-20-22-25(28)26(24)29/h16-17,20-22,27H,2-15,18-19,23H2,1H3. The number of hydrogen-bond donors (Lipinski definition) is 1. The van der Waals surface area contributed by atoms with Gasteiger partial charge in [-0.2, -0.15) is 0 Å². The van der Waals surface area contributed by atoms with Gasteiger partial charge in [0.2, 0.25) is 11.6 Å². The summed E-state index contributed by atoms with van der Waals surface area (Å²) in [7, 11) is 0. The largest absolute Gasteiger partial charge is 0.382 e. The Morgan fingerprint density at radius 1 is 0.724 bits per heavy atom. The van der Waals surface area contributed by atoms with Crippen LogP contribution in [-0.4, -0.2) is 18.1 Å². The van der Waals surface area contributed by atoms with Gasteiger partial charge in [0.25, 0.3) is 0 Å². The molecule has 0 atom stereocenters. The lowest BCUT2D eigenvalue weighted by atomic mass is 10.0. The van der Waals surface area contributed by atoms with Crippen LogP contribution in [0.15, 0.2) is 36.1 Å². The first kappa shape index (κ1) is 25.4. The first-order valence-corrected chi connectivity index (χ1v) is 12.1. The van der Waals surface area contributed by atoms with Crippen molar-refractivity contribution in [2.24, 2.45) is 0 Å². The molecule has 1 rings (SSSR count). The highest BCUT2D eigenvalue weighted by Gasteiger charge is 2.17. The molecule has 164 valence electrons. The number of unbranched alkanes of at least 4 members (excludes halogenated alkanes) is 14. The first-order valence-electron chi connectivity index (χ1n) is 12.1. The lowest BCUT2D eigenvalue weighted by Gasteiger charge is -2.09. The molecule has 0 saturated heterocycles. The van der Waals surface area contributed by atoms with Gasteiger partial charge in [0.15, 0.2) is 0 Å². The van der Waals surface area contributed by atoms with Crippen molar-refractivity contribution >= 4 is 11.6 Å². The third-order valence-corrected chi connectivity index (χ3v) is 5.48. The van der Waals surface area contributed by atoms with Crippen LogP contribution in [0.3, 0.4) is 0 Å². The molecule has 0 spiro atoms. The predicted octanol–water partition coefficient (Wildman–Crippen LogP) is 6.99. The van der Waals surface area contributed by atoms with E-state index in [2.05, 4.69) is 24.4 Å². The van der Waals surface area contributed by atoms with Crippen LogP contribution in [-0.2, 0) is 9.59 Å². The van der Waals surface area contributed by atoms with Crippen molar-refractivity contribution in [1.82, 2.24) is 5.32 Å². The topological polar surface area (TPSA) is 46.2 Å². The molecule has 1 aliphatic rings. The zero-order chi connectivity index (χ0) is 21.0. The van der Waals surface area contributed by atoms with E-state index in [1.54, 1.807) is 12.2 Å². The molecule has 0 aromatic rings. The molecule has 0 radical (unpaired) electrons. The number of carbonyl (C=O) groups excluding carboxylic acids is 2. The molecular formula is C26H43NO2. The molecule has 0 unspecified atom stereocenters. The van der Waals surface area contributed by atoms with Crippen LogP contribution in [0, 0.1) is 0 Å². The molecule has 3 heteroatoms. The Kier molecular flexibility index (Phi) is 16.1. The lowest BCUT2D eigenvalue weighted by molar-refractivity contribution is -0.131. The number of carbonyl (C=O) groups is 2. The van der Waals surface area contributed by atoms with E-state index in [9.17, 15) is 9.59 Å². The van der Waals surface area contributed by atoms with Crippen molar-refractivity contribution in [3.05, 3.63) is 36.1 Å². The van der Waals surface area contributed by atoms with Crippen LogP contribution in [0.1, 0.15) is 110 Å². The summed E-state index contributed by atoms with van der Waals surface area (Å²) in [6, 6.07) is 0. The molecule has 0 fully saturated rings. The summed E-state index contributed by atoms with van der Waals surface area (Å²) in [6.45, 7) is 3.00. The summed E-state index contributed by atoms with van der Waals surface area (Å²) < 4.78 is 0. The maximum absolute atomic E-state index is 11.6. The van der Waals surface area contributed by atoms with Crippen LogP contribution in [0.25, 0.3) is 0 Å². The van der Waals surface area contributed by atoms with Crippen LogP contribution in [0.2, 0.25) is 0 Å². The fourth-order valence-corrected chi connectivity index (χ4v) is 3.61. The normalized spacial score (nSPS) is 14.0. The Morgan fingerprint density at radius 2 is 1.24 bits per heavy atom. The van der Waals surface area contributed by atoms with E-state index in [0.717, 1.165) is 19.4 Å². The number of ketones is 2. The minimum absolute atomic E-state index is 0.424. The van der Waals surface area contributed by atoms with E-state index in [4.69, 9.17) is 0 Å². The smallest absolute Gasteiger partial charge is 0.248 e. The van der Waals surface area contributed by atoms with Crippen molar-refractivity contribution in [3.8, 4) is 0 Å². The van der Waals surface area contributed by atoms with Crippen molar-refractivity contribution in [2.75, 3.05) is 6.54 Å². The highest BCUT2D eigenvalue weighted by Crippen LogP contribution is 2.13. The lowest BCUT2D eigenvalue weighted by Crippen LogP contribution is -2.27. The predicted molar refractivity (Wildman–Crippen MR) is 124 cm³/mol. The Morgan fingerprint density at radius 3 is 1.83 bits per heavy atom. The van der Waals surface area contributed by atoms with Gasteiger partial charge < -0.3 is 5.32 Å². The molecule has 3 nitrogen and oxygen atoms in total. The minimum atomic E-state index is -0.437. The van der Waals surface area contributed by atoms with Gasteiger partial charge >= 0.3 is 0 Å². The van der Waals surface area contributed by atoms with E-state index in [1.807, 2.05) is 0 Å². The summed E-state index contributed by atoms with van der Waals surface area (Å²) in [5, 5.41) is 3.06. The summed E-state index contributed by atoms with van der Waals surface area (Å²) in [5.74, 6) is -0.863. The molecule has 0 heterocycles. The van der Waals surface area contributed by atoms with Gasteiger partial charge in [-0.05, 0) is 37.8 Å². The third-order valence-electron chi connectivity index (χ3n) is 5.48. The second kappa shape index (κ2) is 18.4. The second-order valence-electron chi connectivity index (χ2n) is 8.20. The maximum atomic E-state index is 11.6. The van der Waals surface area contributed by atoms with Gasteiger partial charge in [-0.25, -0.2) is 0 Å². The Balaban J connectivity index is 1.80. The molecule has 0 saturated carbocycles. The van der Waals surface area contributed by atoms with Gasteiger partial charge in [0, 0.05) is 6.54 Å². The molecule has 0 bridgehead atoms. The highest BCUT2D eigenvalue weighted by atomic mass is 16.2. The maximum Gasteiger partial charge on any atom is 0.248 e. The van der Waals surface area contributed by atoms with Gasteiger partial charge in [0.05, 0.1) is 5.70 Å². The Hall–Kier alpha value is -1.64. The van der Waals surface area contributed by atoms with Crippen molar-refractivity contribution in [1.29, 1.82) is 0 Å². The van der Waals surface area contributed by atoms with Crippen molar-refractivity contribution < 1.29 is 9.59 Å². The monoisotopic (exact) mass is 401 g/mol. The van der Waals surface area contributed by atoms with Crippen LogP contribution in [0.5, 0.6) is 0 Å². The summed E-state index contributed by atoms with van der Waals surface area (Å²) in [4.78, 5) is 22.9. The van der Waals surface area contributed by atoms with Crippen LogP contribution in [0.4, 0.5) is 0 Å². The Labute approximate surface area is 179 Å². The first-order chi connectivity index (χ1) is 14.3. The van der Waals surface area contributed by atoms with Gasteiger partial charge in [-0.15, -0.1) is 0 Å². The quantitative estimate of drug-likeness (QED) is 0.110.